The number of nitrogens with two attached hydrogens (primary N) is 1. The van der Waals surface area contributed by atoms with Crippen LogP contribution in [0, 0.1) is 0 Å². The molecule has 0 bridgehead atoms. The van der Waals surface area contributed by atoms with Crippen molar-refractivity contribution in [2.45, 2.75) is 13.3 Å². The van der Waals surface area contributed by atoms with Crippen molar-refractivity contribution in [1.82, 2.24) is 5.32 Å². The van der Waals surface area contributed by atoms with Crippen LogP contribution in [0.5, 0.6) is 0 Å². The Morgan fingerprint density at radius 2 is 2.07 bits per heavy atom. The van der Waals surface area contributed by atoms with E-state index in [0.717, 1.165) is 0 Å². The lowest BCUT2D eigenvalue weighted by molar-refractivity contribution is -0.148. The standard InChI is InChI=1S/C9H18N2O4/c1-2-15-9(13)7-14-6-5-11-4-3-8(10)12/h11H,2-7H2,1H3,(H2,10,12). The number of hydrogen-bond donors (Lipinski definition) is 2. The number of primary amides is 1. The molecule has 0 aliphatic rings. The van der Waals surface area contributed by atoms with Gasteiger partial charge in [-0.3, -0.25) is 4.79 Å². The monoisotopic (exact) mass is 218 g/mol. The minimum absolute atomic E-state index is 0.0364. The summed E-state index contributed by atoms with van der Waals surface area (Å²) < 4.78 is 9.66. The quantitative estimate of drug-likeness (QED) is 0.384. The third-order valence-corrected chi connectivity index (χ3v) is 1.50. The zero-order chi connectivity index (χ0) is 11.5. The Morgan fingerprint density at radius 1 is 1.33 bits per heavy atom. The lowest BCUT2D eigenvalue weighted by Gasteiger charge is -2.04. The van der Waals surface area contributed by atoms with Crippen molar-refractivity contribution in [2.24, 2.45) is 5.73 Å². The SMILES string of the molecule is CCOC(=O)COCCNCCC(N)=O. The first-order valence-electron chi connectivity index (χ1n) is 4.89. The number of carbonyl (C=O) groups excluding carboxylic acids is 2. The molecular formula is C9H18N2O4. The molecule has 0 atom stereocenters. The Bertz CT molecular complexity index is 197. The number of amides is 1. The van der Waals surface area contributed by atoms with Crippen LogP contribution in [-0.2, 0) is 19.1 Å². The molecule has 0 aromatic rings. The van der Waals surface area contributed by atoms with Gasteiger partial charge in [0.15, 0.2) is 0 Å². The van der Waals surface area contributed by atoms with E-state index in [1.807, 2.05) is 0 Å². The third-order valence-electron chi connectivity index (χ3n) is 1.50. The van der Waals surface area contributed by atoms with Crippen LogP contribution in [0.25, 0.3) is 0 Å². The third kappa shape index (κ3) is 10.8. The lowest BCUT2D eigenvalue weighted by atomic mass is 10.4. The molecule has 0 rings (SSSR count). The normalized spacial score (nSPS) is 9.93. The minimum atomic E-state index is -0.366. The van der Waals surface area contributed by atoms with Crippen molar-refractivity contribution >= 4 is 11.9 Å². The van der Waals surface area contributed by atoms with Crippen LogP contribution >= 0.6 is 0 Å². The Hall–Kier alpha value is -1.14. The molecule has 0 aromatic heterocycles. The van der Waals surface area contributed by atoms with Gasteiger partial charge in [0, 0.05) is 19.5 Å². The molecule has 0 heterocycles. The van der Waals surface area contributed by atoms with E-state index in [9.17, 15) is 9.59 Å². The van der Waals surface area contributed by atoms with Gasteiger partial charge < -0.3 is 20.5 Å². The molecule has 0 unspecified atom stereocenters. The maximum Gasteiger partial charge on any atom is 0.332 e. The predicted molar refractivity (Wildman–Crippen MR) is 54.1 cm³/mol. The lowest BCUT2D eigenvalue weighted by Crippen LogP contribution is -2.26. The van der Waals surface area contributed by atoms with Crippen molar-refractivity contribution < 1.29 is 19.1 Å². The van der Waals surface area contributed by atoms with Gasteiger partial charge in [-0.15, -0.1) is 0 Å². The molecule has 0 spiro atoms. The highest BCUT2D eigenvalue weighted by Gasteiger charge is 2.00. The topological polar surface area (TPSA) is 90.7 Å². The van der Waals surface area contributed by atoms with Gasteiger partial charge in [0.1, 0.15) is 6.61 Å². The molecule has 0 aromatic carbocycles. The first-order chi connectivity index (χ1) is 7.16. The first-order valence-corrected chi connectivity index (χ1v) is 4.89. The fourth-order valence-corrected chi connectivity index (χ4v) is 0.839. The zero-order valence-corrected chi connectivity index (χ0v) is 8.95. The molecule has 6 nitrogen and oxygen atoms in total. The number of ether oxygens (including phenoxy) is 2. The van der Waals surface area contributed by atoms with Crippen molar-refractivity contribution in [3.63, 3.8) is 0 Å². The number of rotatable bonds is 9. The van der Waals surface area contributed by atoms with Gasteiger partial charge in [-0.25, -0.2) is 4.79 Å². The van der Waals surface area contributed by atoms with Crippen molar-refractivity contribution in [3.05, 3.63) is 0 Å². The molecule has 0 aliphatic heterocycles. The maximum atomic E-state index is 10.8. The van der Waals surface area contributed by atoms with E-state index < -0.39 is 0 Å². The molecule has 0 fully saturated rings. The Kier molecular flexibility index (Phi) is 8.70. The van der Waals surface area contributed by atoms with E-state index >= 15 is 0 Å². The van der Waals surface area contributed by atoms with E-state index in [0.29, 0.717) is 32.7 Å². The van der Waals surface area contributed by atoms with Gasteiger partial charge in [0.2, 0.25) is 5.91 Å². The Balaban J connectivity index is 3.11. The second kappa shape index (κ2) is 9.42. The molecule has 0 saturated carbocycles. The van der Waals surface area contributed by atoms with Crippen LogP contribution in [0.1, 0.15) is 13.3 Å². The Morgan fingerprint density at radius 3 is 2.67 bits per heavy atom. The molecular weight excluding hydrogens is 200 g/mol. The Labute approximate surface area is 89.1 Å². The van der Waals surface area contributed by atoms with Gasteiger partial charge in [0.05, 0.1) is 13.2 Å². The van der Waals surface area contributed by atoms with E-state index in [1.165, 1.54) is 0 Å². The van der Waals surface area contributed by atoms with Crippen molar-refractivity contribution in [3.8, 4) is 0 Å². The molecule has 1 amide bonds. The van der Waals surface area contributed by atoms with Gasteiger partial charge in [-0.2, -0.15) is 0 Å². The summed E-state index contributed by atoms with van der Waals surface area (Å²) in [5, 5.41) is 2.94. The van der Waals surface area contributed by atoms with Gasteiger partial charge in [0.25, 0.3) is 0 Å². The van der Waals surface area contributed by atoms with Gasteiger partial charge >= 0.3 is 5.97 Å². The number of nitrogens with one attached hydrogen (secondary N) is 1. The summed E-state index contributed by atoms with van der Waals surface area (Å²) >= 11 is 0. The first kappa shape index (κ1) is 13.9. The largest absolute Gasteiger partial charge is 0.464 e. The van der Waals surface area contributed by atoms with Crippen LogP contribution in [-0.4, -0.2) is 44.8 Å². The number of esters is 1. The second-order valence-electron chi connectivity index (χ2n) is 2.82. The molecule has 3 N–H and O–H groups in total. The summed E-state index contributed by atoms with van der Waals surface area (Å²) in [4.78, 5) is 21.1. The van der Waals surface area contributed by atoms with Crippen LogP contribution in [0.15, 0.2) is 0 Å². The van der Waals surface area contributed by atoms with Crippen molar-refractivity contribution in [2.75, 3.05) is 32.9 Å². The summed E-state index contributed by atoms with van der Waals surface area (Å²) in [5.74, 6) is -0.704. The number of carbonyl (C=O) groups is 2. The fourth-order valence-electron chi connectivity index (χ4n) is 0.839. The second-order valence-corrected chi connectivity index (χ2v) is 2.82. The highest BCUT2D eigenvalue weighted by Crippen LogP contribution is 1.81. The molecule has 0 radical (unpaired) electrons. The van der Waals surface area contributed by atoms with Crippen LogP contribution < -0.4 is 11.1 Å². The summed E-state index contributed by atoms with van der Waals surface area (Å²) in [7, 11) is 0. The van der Waals surface area contributed by atoms with Crippen LogP contribution in [0.4, 0.5) is 0 Å². The minimum Gasteiger partial charge on any atom is -0.464 e. The summed E-state index contributed by atoms with van der Waals surface area (Å²) in [5.41, 5.74) is 4.94. The maximum absolute atomic E-state index is 10.8. The average Bonchev–Trinajstić information content (AvgIpc) is 2.16. The summed E-state index contributed by atoms with van der Waals surface area (Å²) in [6, 6.07) is 0. The molecule has 0 aliphatic carbocycles. The summed E-state index contributed by atoms with van der Waals surface area (Å²) in [6.07, 6.45) is 0.303. The van der Waals surface area contributed by atoms with Gasteiger partial charge in [-0.1, -0.05) is 0 Å². The van der Waals surface area contributed by atoms with E-state index in [-0.39, 0.29) is 18.5 Å². The zero-order valence-electron chi connectivity index (χ0n) is 8.95. The molecule has 88 valence electrons. The predicted octanol–water partition coefficient (Wildman–Crippen LogP) is -0.969. The fraction of sp³-hybridized carbons (Fsp3) is 0.778. The smallest absolute Gasteiger partial charge is 0.332 e. The number of hydrogen-bond acceptors (Lipinski definition) is 5. The van der Waals surface area contributed by atoms with E-state index in [2.05, 4.69) is 10.1 Å². The van der Waals surface area contributed by atoms with Crippen molar-refractivity contribution in [1.29, 1.82) is 0 Å². The van der Waals surface area contributed by atoms with E-state index in [4.69, 9.17) is 10.5 Å². The van der Waals surface area contributed by atoms with E-state index in [1.54, 1.807) is 6.92 Å². The van der Waals surface area contributed by atoms with Gasteiger partial charge in [-0.05, 0) is 6.92 Å². The van der Waals surface area contributed by atoms with Crippen LogP contribution in [0.2, 0.25) is 0 Å². The highest BCUT2D eigenvalue weighted by atomic mass is 16.6. The van der Waals surface area contributed by atoms with Crippen LogP contribution in [0.3, 0.4) is 0 Å². The highest BCUT2D eigenvalue weighted by molar-refractivity contribution is 5.73. The molecule has 6 heteroatoms. The molecule has 0 saturated heterocycles. The molecule has 15 heavy (non-hydrogen) atoms. The summed E-state index contributed by atoms with van der Waals surface area (Å²) in [6.45, 7) is 3.57. The average molecular weight is 218 g/mol.